The molecule has 1 fully saturated rings. The van der Waals surface area contributed by atoms with Crippen molar-refractivity contribution >= 4 is 17.5 Å². The largest absolute Gasteiger partial charge is 0.483 e. The first-order chi connectivity index (χ1) is 8.16. The second kappa shape index (κ2) is 5.41. The summed E-state index contributed by atoms with van der Waals surface area (Å²) in [6.07, 6.45) is 2.20. The van der Waals surface area contributed by atoms with E-state index in [1.54, 1.807) is 6.07 Å². The van der Waals surface area contributed by atoms with Gasteiger partial charge in [-0.15, -0.1) is 0 Å². The minimum absolute atomic E-state index is 0.0573. The molecule has 1 aromatic carbocycles. The first kappa shape index (κ1) is 12.2. The maximum atomic E-state index is 11.8. The van der Waals surface area contributed by atoms with E-state index < -0.39 is 0 Å². The Hall–Kier alpha value is -1.22. The minimum atomic E-state index is 0.0573. The average molecular weight is 254 g/mol. The second-order valence-electron chi connectivity index (χ2n) is 4.29. The minimum Gasteiger partial charge on any atom is -0.483 e. The molecule has 2 rings (SSSR count). The van der Waals surface area contributed by atoms with E-state index in [0.717, 1.165) is 31.5 Å². The van der Waals surface area contributed by atoms with Crippen LogP contribution in [0.15, 0.2) is 18.2 Å². The van der Waals surface area contributed by atoms with Gasteiger partial charge in [0.1, 0.15) is 5.75 Å². The summed E-state index contributed by atoms with van der Waals surface area (Å²) in [5.41, 5.74) is 0.989. The highest BCUT2D eigenvalue weighted by Crippen LogP contribution is 2.22. The summed E-state index contributed by atoms with van der Waals surface area (Å²) in [4.78, 5) is 13.6. The van der Waals surface area contributed by atoms with Crippen molar-refractivity contribution in [2.75, 3.05) is 19.7 Å². The number of hydrogen-bond donors (Lipinski definition) is 0. The Kier molecular flexibility index (Phi) is 3.89. The number of aryl methyl sites for hydroxylation is 1. The van der Waals surface area contributed by atoms with Crippen LogP contribution >= 0.6 is 11.6 Å². The van der Waals surface area contributed by atoms with Crippen LogP contribution in [0.2, 0.25) is 5.02 Å². The molecule has 4 heteroatoms. The molecule has 0 aromatic heterocycles. The number of benzene rings is 1. The van der Waals surface area contributed by atoms with Crippen molar-refractivity contribution in [2.45, 2.75) is 19.8 Å². The number of carbonyl (C=O) groups excluding carboxylic acids is 1. The summed E-state index contributed by atoms with van der Waals surface area (Å²) in [6, 6.07) is 5.44. The Morgan fingerprint density at radius 3 is 2.82 bits per heavy atom. The number of ether oxygens (including phenoxy) is 1. The van der Waals surface area contributed by atoms with E-state index in [1.807, 2.05) is 24.0 Å². The van der Waals surface area contributed by atoms with Crippen LogP contribution < -0.4 is 4.74 Å². The predicted octanol–water partition coefficient (Wildman–Crippen LogP) is 2.65. The van der Waals surface area contributed by atoms with Gasteiger partial charge in [0.25, 0.3) is 5.91 Å². The van der Waals surface area contributed by atoms with Gasteiger partial charge in [0.15, 0.2) is 6.61 Å². The lowest BCUT2D eigenvalue weighted by Crippen LogP contribution is -2.32. The summed E-state index contributed by atoms with van der Waals surface area (Å²) < 4.78 is 5.52. The Bertz CT molecular complexity index is 414. The zero-order valence-corrected chi connectivity index (χ0v) is 10.7. The maximum absolute atomic E-state index is 11.8. The molecule has 1 aliphatic rings. The number of carbonyl (C=O) groups is 1. The lowest BCUT2D eigenvalue weighted by Gasteiger charge is -2.16. The standard InChI is InChI=1S/C13H16ClNO2/c1-10-4-5-11(14)8-12(10)17-9-13(16)15-6-2-3-7-15/h4-5,8H,2-3,6-7,9H2,1H3. The normalized spacial score (nSPS) is 15.1. The van der Waals surface area contributed by atoms with Gasteiger partial charge in [-0.25, -0.2) is 0 Å². The van der Waals surface area contributed by atoms with Crippen molar-refractivity contribution in [2.24, 2.45) is 0 Å². The van der Waals surface area contributed by atoms with Gasteiger partial charge in [-0.2, -0.15) is 0 Å². The van der Waals surface area contributed by atoms with Crippen molar-refractivity contribution in [1.82, 2.24) is 4.90 Å². The molecule has 3 nitrogen and oxygen atoms in total. The molecule has 0 radical (unpaired) electrons. The van der Waals surface area contributed by atoms with Crippen LogP contribution in [0.4, 0.5) is 0 Å². The van der Waals surface area contributed by atoms with Crippen LogP contribution in [0.3, 0.4) is 0 Å². The molecule has 92 valence electrons. The van der Waals surface area contributed by atoms with Crippen molar-refractivity contribution in [3.63, 3.8) is 0 Å². The Morgan fingerprint density at radius 2 is 2.12 bits per heavy atom. The van der Waals surface area contributed by atoms with E-state index in [-0.39, 0.29) is 12.5 Å². The number of rotatable bonds is 3. The summed E-state index contributed by atoms with van der Waals surface area (Å²) in [5, 5.41) is 0.624. The third-order valence-electron chi connectivity index (χ3n) is 2.96. The number of hydrogen-bond acceptors (Lipinski definition) is 2. The quantitative estimate of drug-likeness (QED) is 0.829. The molecule has 1 heterocycles. The third-order valence-corrected chi connectivity index (χ3v) is 3.20. The molecular formula is C13H16ClNO2. The van der Waals surface area contributed by atoms with E-state index in [1.165, 1.54) is 0 Å². The van der Waals surface area contributed by atoms with Crippen molar-refractivity contribution < 1.29 is 9.53 Å². The van der Waals surface area contributed by atoms with Gasteiger partial charge in [-0.1, -0.05) is 17.7 Å². The molecule has 0 bridgehead atoms. The first-order valence-electron chi connectivity index (χ1n) is 5.83. The number of nitrogens with zero attached hydrogens (tertiary/aromatic N) is 1. The van der Waals surface area contributed by atoms with E-state index >= 15 is 0 Å². The molecule has 1 amide bonds. The van der Waals surface area contributed by atoms with Crippen LogP contribution in [-0.2, 0) is 4.79 Å². The molecular weight excluding hydrogens is 238 g/mol. The Morgan fingerprint density at radius 1 is 1.41 bits per heavy atom. The second-order valence-corrected chi connectivity index (χ2v) is 4.72. The monoisotopic (exact) mass is 253 g/mol. The molecule has 0 N–H and O–H groups in total. The molecule has 0 spiro atoms. The fraction of sp³-hybridized carbons (Fsp3) is 0.462. The highest BCUT2D eigenvalue weighted by atomic mass is 35.5. The van der Waals surface area contributed by atoms with Crippen molar-refractivity contribution in [3.8, 4) is 5.75 Å². The molecule has 0 aliphatic carbocycles. The van der Waals surface area contributed by atoms with Gasteiger partial charge in [0.05, 0.1) is 0 Å². The van der Waals surface area contributed by atoms with Gasteiger partial charge in [0, 0.05) is 18.1 Å². The fourth-order valence-corrected chi connectivity index (χ4v) is 2.09. The lowest BCUT2D eigenvalue weighted by molar-refractivity contribution is -0.132. The first-order valence-corrected chi connectivity index (χ1v) is 6.21. The van der Waals surface area contributed by atoms with E-state index in [0.29, 0.717) is 10.8 Å². The van der Waals surface area contributed by atoms with Crippen molar-refractivity contribution in [1.29, 1.82) is 0 Å². The Labute approximate surface area is 106 Å². The van der Waals surface area contributed by atoms with Crippen LogP contribution in [0.1, 0.15) is 18.4 Å². The SMILES string of the molecule is Cc1ccc(Cl)cc1OCC(=O)N1CCCC1. The summed E-state index contributed by atoms with van der Waals surface area (Å²) in [5.74, 6) is 0.743. The van der Waals surface area contributed by atoms with Gasteiger partial charge in [-0.05, 0) is 37.5 Å². The molecule has 17 heavy (non-hydrogen) atoms. The van der Waals surface area contributed by atoms with Gasteiger partial charge in [0.2, 0.25) is 0 Å². The van der Waals surface area contributed by atoms with Crippen LogP contribution in [0.25, 0.3) is 0 Å². The maximum Gasteiger partial charge on any atom is 0.260 e. The van der Waals surface area contributed by atoms with Gasteiger partial charge >= 0.3 is 0 Å². The molecule has 1 aliphatic heterocycles. The van der Waals surface area contributed by atoms with E-state index in [9.17, 15) is 4.79 Å². The fourth-order valence-electron chi connectivity index (χ4n) is 1.93. The van der Waals surface area contributed by atoms with Gasteiger partial charge < -0.3 is 9.64 Å². The third kappa shape index (κ3) is 3.13. The topological polar surface area (TPSA) is 29.5 Å². The van der Waals surface area contributed by atoms with E-state index in [4.69, 9.17) is 16.3 Å². The summed E-state index contributed by atoms with van der Waals surface area (Å²) >= 11 is 5.88. The zero-order chi connectivity index (χ0) is 12.3. The predicted molar refractivity (Wildman–Crippen MR) is 67.5 cm³/mol. The summed E-state index contributed by atoms with van der Waals surface area (Å²) in [7, 11) is 0. The molecule has 0 unspecified atom stereocenters. The molecule has 1 saturated heterocycles. The zero-order valence-electron chi connectivity index (χ0n) is 9.91. The highest BCUT2D eigenvalue weighted by molar-refractivity contribution is 6.30. The van der Waals surface area contributed by atoms with Crippen LogP contribution in [0.5, 0.6) is 5.75 Å². The molecule has 1 aromatic rings. The number of amides is 1. The van der Waals surface area contributed by atoms with Crippen LogP contribution in [-0.4, -0.2) is 30.5 Å². The van der Waals surface area contributed by atoms with E-state index in [2.05, 4.69) is 0 Å². The van der Waals surface area contributed by atoms with Gasteiger partial charge in [-0.3, -0.25) is 4.79 Å². The van der Waals surface area contributed by atoms with Crippen molar-refractivity contribution in [3.05, 3.63) is 28.8 Å². The number of likely N-dealkylation sites (tertiary alicyclic amines) is 1. The Balaban J connectivity index is 1.92. The molecule has 0 atom stereocenters. The highest BCUT2D eigenvalue weighted by Gasteiger charge is 2.18. The smallest absolute Gasteiger partial charge is 0.260 e. The molecule has 0 saturated carbocycles. The average Bonchev–Trinajstić information content (AvgIpc) is 2.83. The summed E-state index contributed by atoms with van der Waals surface area (Å²) in [6.45, 7) is 3.75. The number of halogens is 1. The van der Waals surface area contributed by atoms with Crippen LogP contribution in [0, 0.1) is 6.92 Å². The lowest BCUT2D eigenvalue weighted by atomic mass is 10.2.